The van der Waals surface area contributed by atoms with E-state index < -0.39 is 0 Å². The molecule has 0 saturated heterocycles. The average molecular weight is 741 g/mol. The van der Waals surface area contributed by atoms with E-state index in [0.717, 1.165) is 99.8 Å². The fourth-order valence-corrected chi connectivity index (χ4v) is 8.61. The number of para-hydroxylation sites is 4. The first-order valence-corrected chi connectivity index (χ1v) is 19.5. The zero-order chi connectivity index (χ0) is 38.2. The van der Waals surface area contributed by atoms with Crippen molar-refractivity contribution in [2.45, 2.75) is 0 Å². The molecule has 0 bridgehead atoms. The number of hydrogen-bond donors (Lipinski definition) is 0. The third kappa shape index (κ3) is 5.12. The SMILES string of the molecule is c1ccc2nc(N(c3ccc4ccccc4n3)c3ccc4ccc5c(N(c6ccc7ccccc7n6)c6ccc7ccccc7n6)ccc6ccc3c4c65)ccc2c1. The van der Waals surface area contributed by atoms with E-state index in [9.17, 15) is 0 Å². The van der Waals surface area contributed by atoms with Gasteiger partial charge in [-0.1, -0.05) is 109 Å². The molecule has 0 radical (unpaired) electrons. The Labute approximate surface area is 333 Å². The fourth-order valence-electron chi connectivity index (χ4n) is 8.61. The highest BCUT2D eigenvalue weighted by atomic mass is 15.2. The second-order valence-corrected chi connectivity index (χ2v) is 14.7. The third-order valence-electron chi connectivity index (χ3n) is 11.4. The fraction of sp³-hybridized carbons (Fsp3) is 0. The monoisotopic (exact) mass is 740 g/mol. The van der Waals surface area contributed by atoms with Crippen molar-refractivity contribution in [3.8, 4) is 0 Å². The minimum Gasteiger partial charge on any atom is -0.278 e. The predicted molar refractivity (Wildman–Crippen MR) is 241 cm³/mol. The van der Waals surface area contributed by atoms with Crippen LogP contribution in [0.2, 0.25) is 0 Å². The summed E-state index contributed by atoms with van der Waals surface area (Å²) in [5.41, 5.74) is 5.72. The molecule has 12 aromatic rings. The van der Waals surface area contributed by atoms with Crippen molar-refractivity contribution in [3.05, 3.63) is 194 Å². The van der Waals surface area contributed by atoms with E-state index in [1.165, 1.54) is 10.8 Å². The number of aromatic nitrogens is 4. The van der Waals surface area contributed by atoms with Crippen molar-refractivity contribution < 1.29 is 0 Å². The average Bonchev–Trinajstić information content (AvgIpc) is 3.29. The van der Waals surface area contributed by atoms with Gasteiger partial charge in [-0.2, -0.15) is 0 Å². The van der Waals surface area contributed by atoms with Crippen LogP contribution in [0.1, 0.15) is 0 Å². The minimum atomic E-state index is 0.799. The molecule has 0 N–H and O–H groups in total. The van der Waals surface area contributed by atoms with Gasteiger partial charge in [-0.15, -0.1) is 0 Å². The predicted octanol–water partition coefficient (Wildman–Crippen LogP) is 13.7. The van der Waals surface area contributed by atoms with Crippen LogP contribution in [0.25, 0.3) is 75.9 Å². The lowest BCUT2D eigenvalue weighted by atomic mass is 9.92. The Hall–Kier alpha value is -7.96. The molecule has 0 amide bonds. The second kappa shape index (κ2) is 12.8. The molecule has 12 rings (SSSR count). The van der Waals surface area contributed by atoms with E-state index in [0.29, 0.717) is 0 Å². The second-order valence-electron chi connectivity index (χ2n) is 14.7. The van der Waals surface area contributed by atoms with E-state index in [4.69, 9.17) is 19.9 Å². The lowest BCUT2D eigenvalue weighted by Gasteiger charge is -2.28. The molecule has 8 aromatic carbocycles. The normalized spacial score (nSPS) is 11.8. The van der Waals surface area contributed by atoms with Gasteiger partial charge in [0.15, 0.2) is 0 Å². The van der Waals surface area contributed by atoms with E-state index >= 15 is 0 Å². The summed E-state index contributed by atoms with van der Waals surface area (Å²) in [5.74, 6) is 3.20. The smallest absolute Gasteiger partial charge is 0.139 e. The largest absolute Gasteiger partial charge is 0.278 e. The minimum absolute atomic E-state index is 0.799. The molecule has 0 unspecified atom stereocenters. The molecule has 0 aliphatic carbocycles. The maximum absolute atomic E-state index is 5.23. The van der Waals surface area contributed by atoms with Crippen LogP contribution >= 0.6 is 0 Å². The number of anilines is 6. The molecule has 0 spiro atoms. The van der Waals surface area contributed by atoms with Crippen molar-refractivity contribution in [1.29, 1.82) is 0 Å². The topological polar surface area (TPSA) is 58.0 Å². The van der Waals surface area contributed by atoms with Crippen LogP contribution in [0.5, 0.6) is 0 Å². The Kier molecular flexibility index (Phi) is 7.13. The molecule has 0 fully saturated rings. The van der Waals surface area contributed by atoms with Crippen molar-refractivity contribution in [1.82, 2.24) is 19.9 Å². The molecule has 4 aromatic heterocycles. The quantitative estimate of drug-likeness (QED) is 0.158. The Balaban J connectivity index is 1.12. The lowest BCUT2D eigenvalue weighted by molar-refractivity contribution is 1.16. The number of pyridine rings is 4. The van der Waals surface area contributed by atoms with E-state index in [1.54, 1.807) is 0 Å². The van der Waals surface area contributed by atoms with Gasteiger partial charge < -0.3 is 0 Å². The first-order chi connectivity index (χ1) is 28.7. The number of rotatable bonds is 6. The van der Waals surface area contributed by atoms with Crippen LogP contribution in [0.3, 0.4) is 0 Å². The van der Waals surface area contributed by atoms with E-state index in [1.807, 2.05) is 24.3 Å². The molecule has 6 nitrogen and oxygen atoms in total. The Morgan fingerprint density at radius 3 is 0.845 bits per heavy atom. The van der Waals surface area contributed by atoms with E-state index in [2.05, 4.69) is 180 Å². The highest BCUT2D eigenvalue weighted by Gasteiger charge is 2.24. The van der Waals surface area contributed by atoms with Crippen LogP contribution in [0.15, 0.2) is 194 Å². The van der Waals surface area contributed by atoms with Gasteiger partial charge >= 0.3 is 0 Å². The summed E-state index contributed by atoms with van der Waals surface area (Å²) in [6.07, 6.45) is 0. The van der Waals surface area contributed by atoms with Crippen LogP contribution in [0.4, 0.5) is 34.6 Å². The summed E-state index contributed by atoms with van der Waals surface area (Å²) < 4.78 is 0. The standard InChI is InChI=1S/C52H32N6/c1-5-13-41-33(9-1)21-29-47(53-41)57(48-30-22-34-10-2-6-14-42(34)54-48)45-27-19-37-18-26-40-46(28-20-38-17-25-39(45)51(37)52(38)40)58(49-31-23-35-11-3-7-15-43(35)55-49)50-32-24-36-12-4-8-16-44(36)56-50/h1-32H. The van der Waals surface area contributed by atoms with Crippen LogP contribution in [0, 0.1) is 0 Å². The summed E-state index contributed by atoms with van der Waals surface area (Å²) in [6, 6.07) is 67.8. The highest BCUT2D eigenvalue weighted by Crippen LogP contribution is 2.47. The van der Waals surface area contributed by atoms with E-state index in [-0.39, 0.29) is 0 Å². The van der Waals surface area contributed by atoms with Gasteiger partial charge in [0, 0.05) is 32.3 Å². The van der Waals surface area contributed by atoms with Crippen LogP contribution in [-0.4, -0.2) is 19.9 Å². The molecule has 0 saturated carbocycles. The van der Waals surface area contributed by atoms with Gasteiger partial charge in [0.05, 0.1) is 33.4 Å². The van der Waals surface area contributed by atoms with Gasteiger partial charge in [0.25, 0.3) is 0 Å². The van der Waals surface area contributed by atoms with Gasteiger partial charge in [0.1, 0.15) is 23.3 Å². The van der Waals surface area contributed by atoms with Gasteiger partial charge in [0.2, 0.25) is 0 Å². The molecule has 0 aliphatic heterocycles. The summed E-state index contributed by atoms with van der Waals surface area (Å²) in [4.78, 5) is 25.3. The number of hydrogen-bond acceptors (Lipinski definition) is 6. The van der Waals surface area contributed by atoms with Gasteiger partial charge in [-0.25, -0.2) is 19.9 Å². The maximum atomic E-state index is 5.23. The van der Waals surface area contributed by atoms with Crippen molar-refractivity contribution >= 4 is 111 Å². The van der Waals surface area contributed by atoms with Gasteiger partial charge in [-0.3, -0.25) is 9.80 Å². The summed E-state index contributed by atoms with van der Waals surface area (Å²) in [6.45, 7) is 0. The molecule has 4 heterocycles. The molecular formula is C52H32N6. The first kappa shape index (κ1) is 32.3. The van der Waals surface area contributed by atoms with Crippen molar-refractivity contribution in [2.24, 2.45) is 0 Å². The van der Waals surface area contributed by atoms with Crippen LogP contribution < -0.4 is 9.80 Å². The molecule has 0 atom stereocenters. The van der Waals surface area contributed by atoms with Crippen LogP contribution in [-0.2, 0) is 0 Å². The number of benzene rings is 8. The molecule has 58 heavy (non-hydrogen) atoms. The first-order valence-electron chi connectivity index (χ1n) is 19.5. The highest BCUT2D eigenvalue weighted by molar-refractivity contribution is 6.28. The Bertz CT molecular complexity index is 3170. The number of fused-ring (bicyclic) bond motifs is 4. The molecule has 6 heteroatoms. The van der Waals surface area contributed by atoms with Gasteiger partial charge in [-0.05, 0) is 106 Å². The Morgan fingerprint density at radius 1 is 0.241 bits per heavy atom. The third-order valence-corrected chi connectivity index (χ3v) is 11.4. The molecule has 270 valence electrons. The summed E-state index contributed by atoms with van der Waals surface area (Å²) in [7, 11) is 0. The summed E-state index contributed by atoms with van der Waals surface area (Å²) >= 11 is 0. The van der Waals surface area contributed by atoms with Crippen molar-refractivity contribution in [3.63, 3.8) is 0 Å². The zero-order valence-corrected chi connectivity index (χ0v) is 31.2. The Morgan fingerprint density at radius 2 is 0.517 bits per heavy atom. The van der Waals surface area contributed by atoms with Crippen molar-refractivity contribution in [2.75, 3.05) is 9.80 Å². The lowest BCUT2D eigenvalue weighted by Crippen LogP contribution is -2.14. The summed E-state index contributed by atoms with van der Waals surface area (Å²) in [5, 5.41) is 11.3. The molecule has 0 aliphatic rings. The zero-order valence-electron chi connectivity index (χ0n) is 31.2. The molecular weight excluding hydrogens is 709 g/mol. The maximum Gasteiger partial charge on any atom is 0.139 e. The number of nitrogens with zero attached hydrogens (tertiary/aromatic N) is 6.